The van der Waals surface area contributed by atoms with Crippen molar-refractivity contribution in [3.8, 4) is 12.1 Å². The van der Waals surface area contributed by atoms with Gasteiger partial charge in [-0.25, -0.2) is 0 Å². The van der Waals surface area contributed by atoms with E-state index in [1.165, 1.54) is 13.8 Å². The maximum absolute atomic E-state index is 12.3. The zero-order valence-electron chi connectivity index (χ0n) is 16.1. The van der Waals surface area contributed by atoms with E-state index < -0.39 is 11.1 Å². The highest BCUT2D eigenvalue weighted by Crippen LogP contribution is 2.35. The van der Waals surface area contributed by atoms with Crippen LogP contribution in [0.1, 0.15) is 78.1 Å². The molecule has 2 amide bonds. The van der Waals surface area contributed by atoms with E-state index in [4.69, 9.17) is 0 Å². The summed E-state index contributed by atoms with van der Waals surface area (Å²) in [6.45, 7) is 3.61. The molecule has 0 spiro atoms. The second-order valence-electron chi connectivity index (χ2n) is 7.75. The molecule has 0 aliphatic heterocycles. The van der Waals surface area contributed by atoms with Gasteiger partial charge in [0.05, 0.1) is 12.1 Å². The average Bonchev–Trinajstić information content (AvgIpc) is 2.65. The normalized spacial score (nSPS) is 21.1. The Morgan fingerprint density at radius 1 is 0.731 bits per heavy atom. The zero-order valence-corrected chi connectivity index (χ0v) is 16.1. The minimum Gasteiger partial charge on any atom is -0.322 e. The number of carbonyl (C=O) groups excluding carboxylic acids is 2. The number of nitrogens with zero attached hydrogens (tertiary/aromatic N) is 4. The Morgan fingerprint density at radius 2 is 1.04 bits per heavy atom. The molecule has 0 radical (unpaired) electrons. The molecule has 0 N–H and O–H groups in total. The molecule has 142 valence electrons. The molecule has 0 heterocycles. The lowest BCUT2D eigenvalue weighted by Gasteiger charge is -2.45. The number of amides is 2. The fourth-order valence-corrected chi connectivity index (χ4v) is 4.70. The molecule has 0 aromatic heterocycles. The van der Waals surface area contributed by atoms with Crippen molar-refractivity contribution in [2.45, 2.75) is 89.1 Å². The Morgan fingerprint density at radius 3 is 1.27 bits per heavy atom. The molecule has 2 aliphatic rings. The van der Waals surface area contributed by atoms with Crippen LogP contribution in [-0.2, 0) is 9.59 Å². The summed E-state index contributed by atoms with van der Waals surface area (Å²) >= 11 is 0. The van der Waals surface area contributed by atoms with Crippen LogP contribution in [0.5, 0.6) is 0 Å². The molecule has 0 aromatic carbocycles. The molecule has 2 aliphatic carbocycles. The molecule has 6 nitrogen and oxygen atoms in total. The first-order valence-electron chi connectivity index (χ1n) is 9.80. The van der Waals surface area contributed by atoms with Crippen LogP contribution in [0.2, 0.25) is 0 Å². The maximum Gasteiger partial charge on any atom is 0.220 e. The summed E-state index contributed by atoms with van der Waals surface area (Å²) in [6, 6.07) is 4.78. The van der Waals surface area contributed by atoms with E-state index in [1.54, 1.807) is 9.80 Å². The Labute approximate surface area is 156 Å². The third kappa shape index (κ3) is 4.01. The van der Waals surface area contributed by atoms with Gasteiger partial charge in [-0.15, -0.1) is 0 Å². The van der Waals surface area contributed by atoms with Crippen molar-refractivity contribution in [1.82, 2.24) is 9.80 Å². The van der Waals surface area contributed by atoms with Gasteiger partial charge >= 0.3 is 0 Å². The van der Waals surface area contributed by atoms with E-state index in [0.29, 0.717) is 38.8 Å². The predicted octanol–water partition coefficient (Wildman–Crippen LogP) is 3.14. The second-order valence-corrected chi connectivity index (χ2v) is 7.75. The third-order valence-corrected chi connectivity index (χ3v) is 6.12. The molecular formula is C20H30N4O2. The van der Waals surface area contributed by atoms with Crippen LogP contribution >= 0.6 is 0 Å². The summed E-state index contributed by atoms with van der Waals surface area (Å²) in [5, 5.41) is 19.6. The van der Waals surface area contributed by atoms with Crippen LogP contribution in [0.3, 0.4) is 0 Å². The van der Waals surface area contributed by atoms with E-state index in [-0.39, 0.29) is 11.8 Å². The largest absolute Gasteiger partial charge is 0.322 e. The van der Waals surface area contributed by atoms with E-state index in [9.17, 15) is 20.1 Å². The van der Waals surface area contributed by atoms with Crippen molar-refractivity contribution in [2.75, 3.05) is 13.1 Å². The molecular weight excluding hydrogens is 328 g/mol. The van der Waals surface area contributed by atoms with Gasteiger partial charge in [0.1, 0.15) is 11.1 Å². The standard InChI is InChI=1S/C20H30N4O2/c1-17(25)23(19(15-21)9-5-3-6-10-19)13-14-24(18(2)26)20(16-22)11-7-4-8-12-20/h3-14H2,1-2H3. The highest BCUT2D eigenvalue weighted by atomic mass is 16.2. The molecule has 2 saturated carbocycles. The van der Waals surface area contributed by atoms with Gasteiger partial charge < -0.3 is 9.80 Å². The quantitative estimate of drug-likeness (QED) is 0.755. The number of hydrogen-bond donors (Lipinski definition) is 0. The smallest absolute Gasteiger partial charge is 0.220 e. The Kier molecular flexibility index (Phi) is 6.64. The van der Waals surface area contributed by atoms with Crippen LogP contribution in [-0.4, -0.2) is 45.8 Å². The first kappa shape index (κ1) is 20.2. The van der Waals surface area contributed by atoms with E-state index in [2.05, 4.69) is 12.1 Å². The molecule has 0 unspecified atom stereocenters. The Hall–Kier alpha value is -2.08. The highest BCUT2D eigenvalue weighted by Gasteiger charge is 2.43. The number of carbonyl (C=O) groups is 2. The predicted molar refractivity (Wildman–Crippen MR) is 97.6 cm³/mol. The number of nitriles is 2. The van der Waals surface area contributed by atoms with Crippen LogP contribution in [0.25, 0.3) is 0 Å². The fraction of sp³-hybridized carbons (Fsp3) is 0.800. The zero-order chi connectivity index (χ0) is 19.2. The fourth-order valence-electron chi connectivity index (χ4n) is 4.70. The second kappa shape index (κ2) is 8.54. The van der Waals surface area contributed by atoms with E-state index in [0.717, 1.165) is 38.5 Å². The van der Waals surface area contributed by atoms with Gasteiger partial charge in [0.25, 0.3) is 0 Å². The van der Waals surface area contributed by atoms with Gasteiger partial charge in [-0.3, -0.25) is 9.59 Å². The Balaban J connectivity index is 2.20. The summed E-state index contributed by atoms with van der Waals surface area (Å²) in [7, 11) is 0. The van der Waals surface area contributed by atoms with Crippen LogP contribution < -0.4 is 0 Å². The molecule has 0 atom stereocenters. The minimum absolute atomic E-state index is 0.133. The molecule has 26 heavy (non-hydrogen) atoms. The molecule has 0 aromatic rings. The summed E-state index contributed by atoms with van der Waals surface area (Å²) in [5.41, 5.74) is -1.53. The first-order chi connectivity index (χ1) is 12.4. The van der Waals surface area contributed by atoms with Crippen LogP contribution in [0.15, 0.2) is 0 Å². The van der Waals surface area contributed by atoms with Crippen molar-refractivity contribution in [3.05, 3.63) is 0 Å². The van der Waals surface area contributed by atoms with Crippen molar-refractivity contribution in [2.24, 2.45) is 0 Å². The SMILES string of the molecule is CC(=O)N(CCN(C(C)=O)C1(C#N)CCCCC1)C1(C#N)CCCCC1. The average molecular weight is 358 g/mol. The van der Waals surface area contributed by atoms with Gasteiger partial charge in [-0.05, 0) is 25.7 Å². The van der Waals surface area contributed by atoms with Crippen molar-refractivity contribution in [3.63, 3.8) is 0 Å². The number of hydrogen-bond acceptors (Lipinski definition) is 4. The van der Waals surface area contributed by atoms with Gasteiger partial charge in [0.2, 0.25) is 11.8 Å². The molecule has 0 saturated heterocycles. The number of rotatable bonds is 5. The lowest BCUT2D eigenvalue weighted by atomic mass is 9.80. The summed E-state index contributed by atoms with van der Waals surface area (Å²) in [6.07, 6.45) is 8.69. The Bertz CT molecular complexity index is 550. The first-order valence-corrected chi connectivity index (χ1v) is 9.80. The molecule has 2 rings (SSSR count). The van der Waals surface area contributed by atoms with Crippen molar-refractivity contribution in [1.29, 1.82) is 10.5 Å². The lowest BCUT2D eigenvalue weighted by molar-refractivity contribution is -0.140. The van der Waals surface area contributed by atoms with Gasteiger partial charge in [-0.1, -0.05) is 38.5 Å². The van der Waals surface area contributed by atoms with Gasteiger partial charge in [0, 0.05) is 26.9 Å². The third-order valence-electron chi connectivity index (χ3n) is 6.12. The molecule has 2 fully saturated rings. The van der Waals surface area contributed by atoms with Gasteiger partial charge in [-0.2, -0.15) is 10.5 Å². The van der Waals surface area contributed by atoms with Crippen LogP contribution in [0, 0.1) is 22.7 Å². The van der Waals surface area contributed by atoms with E-state index >= 15 is 0 Å². The lowest BCUT2D eigenvalue weighted by Crippen LogP contribution is -2.57. The van der Waals surface area contributed by atoms with E-state index in [1.807, 2.05) is 0 Å². The molecule has 0 bridgehead atoms. The topological polar surface area (TPSA) is 88.2 Å². The van der Waals surface area contributed by atoms with Crippen molar-refractivity contribution >= 4 is 11.8 Å². The monoisotopic (exact) mass is 358 g/mol. The van der Waals surface area contributed by atoms with Crippen molar-refractivity contribution < 1.29 is 9.59 Å². The molecule has 6 heteroatoms. The highest BCUT2D eigenvalue weighted by molar-refractivity contribution is 5.76. The van der Waals surface area contributed by atoms with Gasteiger partial charge in [0.15, 0.2) is 0 Å². The van der Waals surface area contributed by atoms with Crippen LogP contribution in [0.4, 0.5) is 0 Å². The minimum atomic E-state index is -0.765. The summed E-state index contributed by atoms with van der Waals surface area (Å²) in [5.74, 6) is -0.266. The maximum atomic E-state index is 12.3. The summed E-state index contributed by atoms with van der Waals surface area (Å²) < 4.78 is 0. The summed E-state index contributed by atoms with van der Waals surface area (Å²) in [4.78, 5) is 27.9.